The number of allylic oxidation sites excluding steroid dienone is 2. The lowest BCUT2D eigenvalue weighted by molar-refractivity contribution is -0.152. The molecule has 1 N–H and O–H groups in total. The SMILES string of the molecule is O=C(COC(=O)[C@H]1C[C@@H]2C=C[C@H]1C2)Nc1cccc(Cl)c1. The van der Waals surface area contributed by atoms with Gasteiger partial charge < -0.3 is 10.1 Å². The van der Waals surface area contributed by atoms with Crippen LogP contribution in [0.3, 0.4) is 0 Å². The maximum Gasteiger partial charge on any atom is 0.310 e. The highest BCUT2D eigenvalue weighted by atomic mass is 35.5. The van der Waals surface area contributed by atoms with Gasteiger partial charge in [-0.2, -0.15) is 0 Å². The summed E-state index contributed by atoms with van der Waals surface area (Å²) >= 11 is 5.83. The third-order valence-corrected chi connectivity index (χ3v) is 4.27. The normalized spacial score (nSPS) is 25.9. The van der Waals surface area contributed by atoms with Crippen molar-refractivity contribution < 1.29 is 14.3 Å². The molecule has 5 heteroatoms. The largest absolute Gasteiger partial charge is 0.455 e. The third kappa shape index (κ3) is 3.27. The predicted molar refractivity (Wildman–Crippen MR) is 79.9 cm³/mol. The second-order valence-corrected chi connectivity index (χ2v) is 5.99. The lowest BCUT2D eigenvalue weighted by atomic mass is 9.94. The summed E-state index contributed by atoms with van der Waals surface area (Å²) in [6.45, 7) is -0.261. The molecule has 21 heavy (non-hydrogen) atoms. The molecule has 3 rings (SSSR count). The molecule has 4 nitrogen and oxygen atoms in total. The van der Waals surface area contributed by atoms with Crippen LogP contribution in [0.1, 0.15) is 12.8 Å². The molecule has 0 spiro atoms. The van der Waals surface area contributed by atoms with E-state index in [1.165, 1.54) is 0 Å². The molecular weight excluding hydrogens is 290 g/mol. The first-order chi connectivity index (χ1) is 10.1. The smallest absolute Gasteiger partial charge is 0.310 e. The van der Waals surface area contributed by atoms with Gasteiger partial charge in [-0.3, -0.25) is 9.59 Å². The van der Waals surface area contributed by atoms with E-state index in [-0.39, 0.29) is 24.4 Å². The van der Waals surface area contributed by atoms with Crippen LogP contribution < -0.4 is 5.32 Å². The van der Waals surface area contributed by atoms with Gasteiger partial charge in [-0.15, -0.1) is 0 Å². The van der Waals surface area contributed by atoms with Crippen LogP contribution in [0.4, 0.5) is 5.69 Å². The number of amides is 1. The van der Waals surface area contributed by atoms with Gasteiger partial charge in [0.25, 0.3) is 5.91 Å². The molecule has 1 saturated carbocycles. The Morgan fingerprint density at radius 1 is 1.29 bits per heavy atom. The third-order valence-electron chi connectivity index (χ3n) is 4.04. The maximum absolute atomic E-state index is 12.0. The van der Waals surface area contributed by atoms with Crippen molar-refractivity contribution in [1.29, 1.82) is 0 Å². The minimum Gasteiger partial charge on any atom is -0.455 e. The number of carbonyl (C=O) groups is 2. The Bertz CT molecular complexity index is 599. The second kappa shape index (κ2) is 5.90. The Balaban J connectivity index is 1.47. The average molecular weight is 306 g/mol. The van der Waals surface area contributed by atoms with Gasteiger partial charge in [0.15, 0.2) is 6.61 Å². The number of carbonyl (C=O) groups excluding carboxylic acids is 2. The number of esters is 1. The zero-order chi connectivity index (χ0) is 14.8. The summed E-state index contributed by atoms with van der Waals surface area (Å²) in [7, 11) is 0. The second-order valence-electron chi connectivity index (χ2n) is 5.55. The van der Waals surface area contributed by atoms with Gasteiger partial charge in [0, 0.05) is 10.7 Å². The molecule has 0 saturated heterocycles. The Kier molecular flexibility index (Phi) is 3.97. The zero-order valence-electron chi connectivity index (χ0n) is 11.4. The average Bonchev–Trinajstić information content (AvgIpc) is 3.07. The highest BCUT2D eigenvalue weighted by Gasteiger charge is 2.40. The quantitative estimate of drug-likeness (QED) is 0.687. The summed E-state index contributed by atoms with van der Waals surface area (Å²) in [5.74, 6) is 0.0858. The number of ether oxygens (including phenoxy) is 1. The van der Waals surface area contributed by atoms with Crippen molar-refractivity contribution in [3.8, 4) is 0 Å². The fraction of sp³-hybridized carbons (Fsp3) is 0.375. The number of fused-ring (bicyclic) bond motifs is 2. The van der Waals surface area contributed by atoms with Crippen LogP contribution >= 0.6 is 11.6 Å². The van der Waals surface area contributed by atoms with E-state index in [0.29, 0.717) is 22.5 Å². The molecule has 0 heterocycles. The van der Waals surface area contributed by atoms with Gasteiger partial charge in [-0.05, 0) is 42.9 Å². The first kappa shape index (κ1) is 14.1. The van der Waals surface area contributed by atoms with E-state index < -0.39 is 0 Å². The zero-order valence-corrected chi connectivity index (χ0v) is 12.2. The fourth-order valence-electron chi connectivity index (χ4n) is 3.06. The van der Waals surface area contributed by atoms with E-state index in [0.717, 1.165) is 12.8 Å². The van der Waals surface area contributed by atoms with Crippen LogP contribution in [-0.2, 0) is 14.3 Å². The number of benzene rings is 1. The van der Waals surface area contributed by atoms with Crippen molar-refractivity contribution in [1.82, 2.24) is 0 Å². The van der Waals surface area contributed by atoms with E-state index in [9.17, 15) is 9.59 Å². The number of hydrogen-bond donors (Lipinski definition) is 1. The number of rotatable bonds is 4. The van der Waals surface area contributed by atoms with Gasteiger partial charge in [-0.1, -0.05) is 29.8 Å². The molecule has 1 aromatic rings. The van der Waals surface area contributed by atoms with Crippen molar-refractivity contribution in [3.05, 3.63) is 41.4 Å². The summed E-state index contributed by atoms with van der Waals surface area (Å²) in [6, 6.07) is 6.83. The lowest BCUT2D eigenvalue weighted by Crippen LogP contribution is -2.26. The topological polar surface area (TPSA) is 55.4 Å². The first-order valence-corrected chi connectivity index (χ1v) is 7.40. The molecule has 2 bridgehead atoms. The van der Waals surface area contributed by atoms with Crippen molar-refractivity contribution in [3.63, 3.8) is 0 Å². The predicted octanol–water partition coefficient (Wildman–Crippen LogP) is 3.03. The van der Waals surface area contributed by atoms with E-state index in [1.54, 1.807) is 24.3 Å². The monoisotopic (exact) mass is 305 g/mol. The summed E-state index contributed by atoms with van der Waals surface area (Å²) < 4.78 is 5.12. The Hall–Kier alpha value is -1.81. The number of hydrogen-bond acceptors (Lipinski definition) is 3. The van der Waals surface area contributed by atoms with Crippen LogP contribution in [0, 0.1) is 17.8 Å². The molecular formula is C16H16ClNO3. The molecule has 3 atom stereocenters. The highest BCUT2D eigenvalue weighted by molar-refractivity contribution is 6.30. The van der Waals surface area contributed by atoms with Crippen molar-refractivity contribution in [2.45, 2.75) is 12.8 Å². The minimum absolute atomic E-state index is 0.0843. The number of halogens is 1. The molecule has 0 aliphatic heterocycles. The molecule has 2 aliphatic carbocycles. The van der Waals surface area contributed by atoms with Gasteiger partial charge in [0.1, 0.15) is 0 Å². The van der Waals surface area contributed by atoms with Crippen molar-refractivity contribution in [2.24, 2.45) is 17.8 Å². The van der Waals surface area contributed by atoms with Crippen molar-refractivity contribution in [2.75, 3.05) is 11.9 Å². The van der Waals surface area contributed by atoms with Crippen molar-refractivity contribution >= 4 is 29.2 Å². The molecule has 1 aromatic carbocycles. The molecule has 110 valence electrons. The van der Waals surface area contributed by atoms with E-state index in [2.05, 4.69) is 17.5 Å². The Morgan fingerprint density at radius 2 is 2.14 bits per heavy atom. The summed E-state index contributed by atoms with van der Waals surface area (Å²) in [5, 5.41) is 3.19. The molecule has 1 amide bonds. The van der Waals surface area contributed by atoms with Crippen LogP contribution in [0.25, 0.3) is 0 Å². The number of anilines is 1. The maximum atomic E-state index is 12.0. The van der Waals surface area contributed by atoms with E-state index >= 15 is 0 Å². The van der Waals surface area contributed by atoms with E-state index in [1.807, 2.05) is 0 Å². The highest BCUT2D eigenvalue weighted by Crippen LogP contribution is 2.43. The first-order valence-electron chi connectivity index (χ1n) is 7.02. The molecule has 0 aromatic heterocycles. The van der Waals surface area contributed by atoms with Crippen LogP contribution in [0.15, 0.2) is 36.4 Å². The van der Waals surface area contributed by atoms with Crippen LogP contribution in [0.5, 0.6) is 0 Å². The Morgan fingerprint density at radius 3 is 2.81 bits per heavy atom. The molecule has 0 unspecified atom stereocenters. The lowest BCUT2D eigenvalue weighted by Gasteiger charge is -2.16. The summed E-state index contributed by atoms with van der Waals surface area (Å²) in [4.78, 5) is 23.7. The van der Waals surface area contributed by atoms with Crippen LogP contribution in [-0.4, -0.2) is 18.5 Å². The fourth-order valence-corrected chi connectivity index (χ4v) is 3.25. The van der Waals surface area contributed by atoms with E-state index in [4.69, 9.17) is 16.3 Å². The molecule has 0 radical (unpaired) electrons. The molecule has 1 fully saturated rings. The summed E-state index contributed by atoms with van der Waals surface area (Å²) in [5.41, 5.74) is 0.589. The summed E-state index contributed by atoms with van der Waals surface area (Å²) in [6.07, 6.45) is 6.14. The van der Waals surface area contributed by atoms with Gasteiger partial charge in [0.2, 0.25) is 0 Å². The van der Waals surface area contributed by atoms with Gasteiger partial charge in [-0.25, -0.2) is 0 Å². The Labute approximate surface area is 128 Å². The van der Waals surface area contributed by atoms with Gasteiger partial charge in [0.05, 0.1) is 5.92 Å². The minimum atomic E-state index is -0.357. The number of nitrogens with one attached hydrogen (secondary N) is 1. The van der Waals surface area contributed by atoms with Crippen LogP contribution in [0.2, 0.25) is 5.02 Å². The van der Waals surface area contributed by atoms with Gasteiger partial charge >= 0.3 is 5.97 Å². The standard InChI is InChI=1S/C16H16ClNO3/c17-12-2-1-3-13(8-12)18-15(19)9-21-16(20)14-7-10-4-5-11(14)6-10/h1-5,8,10-11,14H,6-7,9H2,(H,18,19)/t10-,11+,14+/m1/s1. The molecule has 2 aliphatic rings.